The highest BCUT2D eigenvalue weighted by Crippen LogP contribution is 2.28. The van der Waals surface area contributed by atoms with Crippen LogP contribution in [0.15, 0.2) is 0 Å². The van der Waals surface area contributed by atoms with Crippen molar-refractivity contribution in [1.29, 1.82) is 0 Å². The van der Waals surface area contributed by atoms with Crippen LogP contribution in [0.3, 0.4) is 0 Å². The lowest BCUT2D eigenvalue weighted by molar-refractivity contribution is -0.0203. The first-order valence-corrected chi connectivity index (χ1v) is 5.91. The Labute approximate surface area is 79.2 Å². The predicted octanol–water partition coefficient (Wildman–Crippen LogP) is 1.49. The van der Waals surface area contributed by atoms with Crippen molar-refractivity contribution in [2.75, 3.05) is 24.7 Å². The zero-order valence-corrected chi connectivity index (χ0v) is 8.61. The maximum absolute atomic E-state index is 5.64. The standard InChI is InChI=1S/C9H19NOS/c1-2-12-4-3-11-9-5-8(6-9)7-10/h8-9H,2-7,10H2,1H3. The van der Waals surface area contributed by atoms with E-state index in [4.69, 9.17) is 10.5 Å². The van der Waals surface area contributed by atoms with Crippen molar-refractivity contribution in [2.24, 2.45) is 11.7 Å². The van der Waals surface area contributed by atoms with Crippen LogP contribution in [-0.2, 0) is 4.74 Å². The number of nitrogens with two attached hydrogens (primary N) is 1. The van der Waals surface area contributed by atoms with Crippen molar-refractivity contribution in [3.63, 3.8) is 0 Å². The van der Waals surface area contributed by atoms with Gasteiger partial charge in [0, 0.05) is 5.75 Å². The zero-order chi connectivity index (χ0) is 8.81. The first kappa shape index (κ1) is 10.4. The summed E-state index contributed by atoms with van der Waals surface area (Å²) < 4.78 is 5.64. The van der Waals surface area contributed by atoms with E-state index in [1.807, 2.05) is 11.8 Å². The largest absolute Gasteiger partial charge is 0.377 e. The van der Waals surface area contributed by atoms with E-state index in [0.717, 1.165) is 24.8 Å². The molecule has 0 radical (unpaired) electrons. The highest BCUT2D eigenvalue weighted by molar-refractivity contribution is 7.99. The van der Waals surface area contributed by atoms with Gasteiger partial charge in [-0.3, -0.25) is 0 Å². The fraction of sp³-hybridized carbons (Fsp3) is 1.00. The van der Waals surface area contributed by atoms with Gasteiger partial charge in [-0.25, -0.2) is 0 Å². The Morgan fingerprint density at radius 3 is 2.83 bits per heavy atom. The van der Waals surface area contributed by atoms with Gasteiger partial charge in [0.15, 0.2) is 0 Å². The molecule has 0 aromatic carbocycles. The van der Waals surface area contributed by atoms with E-state index in [1.54, 1.807) is 0 Å². The number of rotatable bonds is 6. The molecular formula is C9H19NOS. The van der Waals surface area contributed by atoms with Gasteiger partial charge in [0.05, 0.1) is 12.7 Å². The van der Waals surface area contributed by atoms with Crippen molar-refractivity contribution in [2.45, 2.75) is 25.9 Å². The molecule has 0 aromatic rings. The van der Waals surface area contributed by atoms with Crippen LogP contribution in [0.4, 0.5) is 0 Å². The van der Waals surface area contributed by atoms with Gasteiger partial charge < -0.3 is 10.5 Å². The number of hydrogen-bond donors (Lipinski definition) is 1. The summed E-state index contributed by atoms with van der Waals surface area (Å²) in [6.45, 7) is 3.93. The molecule has 12 heavy (non-hydrogen) atoms. The van der Waals surface area contributed by atoms with Gasteiger partial charge in [-0.1, -0.05) is 6.92 Å². The fourth-order valence-corrected chi connectivity index (χ4v) is 1.92. The summed E-state index contributed by atoms with van der Waals surface area (Å²) in [7, 11) is 0. The average Bonchev–Trinajstić information content (AvgIpc) is 2.01. The summed E-state index contributed by atoms with van der Waals surface area (Å²) in [5, 5.41) is 0. The van der Waals surface area contributed by atoms with E-state index in [2.05, 4.69) is 6.92 Å². The Morgan fingerprint density at radius 1 is 1.50 bits per heavy atom. The first-order valence-electron chi connectivity index (χ1n) is 4.76. The summed E-state index contributed by atoms with van der Waals surface area (Å²) in [5.41, 5.74) is 5.51. The molecule has 0 amide bonds. The molecule has 1 aliphatic carbocycles. The van der Waals surface area contributed by atoms with Crippen LogP contribution in [0.5, 0.6) is 0 Å². The van der Waals surface area contributed by atoms with Crippen molar-refractivity contribution in [1.82, 2.24) is 0 Å². The Bertz CT molecular complexity index is 115. The Balaban J connectivity index is 1.83. The minimum Gasteiger partial charge on any atom is -0.377 e. The van der Waals surface area contributed by atoms with Crippen molar-refractivity contribution < 1.29 is 4.74 Å². The third-order valence-electron chi connectivity index (χ3n) is 2.31. The Hall–Kier alpha value is 0.270. The fourth-order valence-electron chi connectivity index (χ4n) is 1.42. The van der Waals surface area contributed by atoms with Gasteiger partial charge in [0.25, 0.3) is 0 Å². The van der Waals surface area contributed by atoms with Crippen molar-refractivity contribution in [3.8, 4) is 0 Å². The van der Waals surface area contributed by atoms with E-state index in [1.165, 1.54) is 18.6 Å². The summed E-state index contributed by atoms with van der Waals surface area (Å²) in [6, 6.07) is 0. The van der Waals surface area contributed by atoms with Gasteiger partial charge in [-0.2, -0.15) is 11.8 Å². The van der Waals surface area contributed by atoms with E-state index in [0.29, 0.717) is 6.10 Å². The molecule has 0 atom stereocenters. The summed E-state index contributed by atoms with van der Waals surface area (Å²) in [5.74, 6) is 3.08. The third kappa shape index (κ3) is 3.33. The molecule has 3 heteroatoms. The molecule has 0 spiro atoms. The van der Waals surface area contributed by atoms with Gasteiger partial charge >= 0.3 is 0 Å². The molecule has 72 valence electrons. The molecule has 0 bridgehead atoms. The monoisotopic (exact) mass is 189 g/mol. The molecule has 1 aliphatic rings. The SMILES string of the molecule is CCSCCOC1CC(CN)C1. The highest BCUT2D eigenvalue weighted by atomic mass is 32.2. The van der Waals surface area contributed by atoms with Gasteiger partial charge in [-0.15, -0.1) is 0 Å². The Kier molecular flexibility index (Phi) is 5.04. The molecule has 1 fully saturated rings. The topological polar surface area (TPSA) is 35.2 Å². The smallest absolute Gasteiger partial charge is 0.0581 e. The summed E-state index contributed by atoms with van der Waals surface area (Å²) in [6.07, 6.45) is 2.90. The number of ether oxygens (including phenoxy) is 1. The summed E-state index contributed by atoms with van der Waals surface area (Å²) in [4.78, 5) is 0. The zero-order valence-electron chi connectivity index (χ0n) is 7.79. The van der Waals surface area contributed by atoms with Crippen LogP contribution < -0.4 is 5.73 Å². The molecule has 1 saturated carbocycles. The highest BCUT2D eigenvalue weighted by Gasteiger charge is 2.28. The summed E-state index contributed by atoms with van der Waals surface area (Å²) >= 11 is 1.94. The molecule has 0 heterocycles. The van der Waals surface area contributed by atoms with Crippen LogP contribution in [0.1, 0.15) is 19.8 Å². The molecular weight excluding hydrogens is 170 g/mol. The Morgan fingerprint density at radius 2 is 2.25 bits per heavy atom. The van der Waals surface area contributed by atoms with Crippen molar-refractivity contribution >= 4 is 11.8 Å². The van der Waals surface area contributed by atoms with Gasteiger partial charge in [0.1, 0.15) is 0 Å². The van der Waals surface area contributed by atoms with Crippen molar-refractivity contribution in [3.05, 3.63) is 0 Å². The molecule has 2 nitrogen and oxygen atoms in total. The maximum Gasteiger partial charge on any atom is 0.0581 e. The molecule has 2 N–H and O–H groups in total. The lowest BCUT2D eigenvalue weighted by Gasteiger charge is -2.34. The van der Waals surface area contributed by atoms with E-state index in [-0.39, 0.29) is 0 Å². The third-order valence-corrected chi connectivity index (χ3v) is 3.17. The van der Waals surface area contributed by atoms with Crippen LogP contribution in [0.25, 0.3) is 0 Å². The number of thioether (sulfide) groups is 1. The van der Waals surface area contributed by atoms with Gasteiger partial charge in [0.2, 0.25) is 0 Å². The van der Waals surface area contributed by atoms with E-state index >= 15 is 0 Å². The lowest BCUT2D eigenvalue weighted by Crippen LogP contribution is -2.36. The molecule has 1 rings (SSSR count). The lowest BCUT2D eigenvalue weighted by atomic mass is 9.82. The van der Waals surface area contributed by atoms with E-state index < -0.39 is 0 Å². The molecule has 0 saturated heterocycles. The second kappa shape index (κ2) is 5.84. The van der Waals surface area contributed by atoms with Crippen LogP contribution in [0.2, 0.25) is 0 Å². The van der Waals surface area contributed by atoms with Crippen LogP contribution >= 0.6 is 11.8 Å². The van der Waals surface area contributed by atoms with E-state index in [9.17, 15) is 0 Å². The predicted molar refractivity (Wildman–Crippen MR) is 54.5 cm³/mol. The first-order chi connectivity index (χ1) is 5.86. The molecule has 0 unspecified atom stereocenters. The van der Waals surface area contributed by atoms with Gasteiger partial charge in [-0.05, 0) is 31.1 Å². The number of hydrogen-bond acceptors (Lipinski definition) is 3. The minimum absolute atomic E-state index is 0.524. The van der Waals surface area contributed by atoms with Crippen LogP contribution in [0, 0.1) is 5.92 Å². The normalized spacial score (nSPS) is 28.5. The average molecular weight is 189 g/mol. The minimum atomic E-state index is 0.524. The second-order valence-corrected chi connectivity index (χ2v) is 4.66. The quantitative estimate of drug-likeness (QED) is 0.643. The van der Waals surface area contributed by atoms with Crippen LogP contribution in [-0.4, -0.2) is 30.8 Å². The second-order valence-electron chi connectivity index (χ2n) is 3.26. The molecule has 0 aromatic heterocycles. The molecule has 0 aliphatic heterocycles. The maximum atomic E-state index is 5.64.